The number of nitrogens with zero attached hydrogens (tertiary/aromatic N) is 1. The Kier molecular flexibility index (Phi) is 2.85. The number of benzene rings is 1. The number of nitrogens with one attached hydrogen (secondary N) is 2. The summed E-state index contributed by atoms with van der Waals surface area (Å²) in [5.74, 6) is 0. The van der Waals surface area contributed by atoms with E-state index in [1.54, 1.807) is 6.07 Å². The predicted octanol–water partition coefficient (Wildman–Crippen LogP) is 0.590. The number of carbonyl (C=O) groups excluding carboxylic acids is 1. The highest BCUT2D eigenvalue weighted by Crippen LogP contribution is 2.15. The van der Waals surface area contributed by atoms with Crippen molar-refractivity contribution >= 4 is 17.4 Å². The first-order valence-corrected chi connectivity index (χ1v) is 3.65. The number of anilines is 1. The topological polar surface area (TPSA) is 110 Å². The molecule has 0 radical (unpaired) electrons. The number of rotatable bonds is 3. The first kappa shape index (κ1) is 9.78. The largest absolute Gasteiger partial charge is 0.350 e. The van der Waals surface area contributed by atoms with Crippen LogP contribution in [0.1, 0.15) is 0 Å². The van der Waals surface area contributed by atoms with Crippen LogP contribution in [0.15, 0.2) is 24.3 Å². The highest BCUT2D eigenvalue weighted by Gasteiger charge is 2.04. The number of hydrogen-bond donors (Lipinski definition) is 3. The van der Waals surface area contributed by atoms with Crippen LogP contribution in [0.3, 0.4) is 0 Å². The van der Waals surface area contributed by atoms with Gasteiger partial charge in [0, 0.05) is 12.1 Å². The summed E-state index contributed by atoms with van der Waals surface area (Å²) in [6.45, 7) is 0. The van der Waals surface area contributed by atoms with Crippen molar-refractivity contribution in [3.8, 4) is 0 Å². The van der Waals surface area contributed by atoms with Gasteiger partial charge < -0.3 is 5.73 Å². The van der Waals surface area contributed by atoms with Gasteiger partial charge in [0.25, 0.3) is 5.69 Å². The molecule has 0 aromatic heterocycles. The number of hydrogen-bond acceptors (Lipinski definition) is 4. The summed E-state index contributed by atoms with van der Waals surface area (Å²) in [5.41, 5.74) is 9.62. The fourth-order valence-electron chi connectivity index (χ4n) is 0.831. The SMILES string of the molecule is NC(=O)NNc1cccc([N+](=O)[O-])c1. The van der Waals surface area contributed by atoms with Crippen molar-refractivity contribution in [3.05, 3.63) is 34.4 Å². The molecule has 1 aromatic carbocycles. The molecule has 7 heteroatoms. The maximum atomic E-state index is 10.4. The molecule has 74 valence electrons. The van der Waals surface area contributed by atoms with E-state index in [1.165, 1.54) is 18.2 Å². The molecule has 0 aliphatic rings. The molecule has 0 heterocycles. The average molecular weight is 196 g/mol. The number of urea groups is 1. The Morgan fingerprint density at radius 3 is 2.79 bits per heavy atom. The minimum absolute atomic E-state index is 0.0683. The standard InChI is InChI=1S/C7H8N4O3/c8-7(12)10-9-5-2-1-3-6(4-5)11(13)14/h1-4,9H,(H3,8,10,12). The lowest BCUT2D eigenvalue weighted by Gasteiger charge is -2.04. The number of nitro benzene ring substituents is 1. The van der Waals surface area contributed by atoms with Crippen molar-refractivity contribution in [3.63, 3.8) is 0 Å². The van der Waals surface area contributed by atoms with Gasteiger partial charge in [0.2, 0.25) is 0 Å². The van der Waals surface area contributed by atoms with Crippen LogP contribution in [0.2, 0.25) is 0 Å². The first-order chi connectivity index (χ1) is 6.59. The molecule has 2 amide bonds. The van der Waals surface area contributed by atoms with Crippen LogP contribution in [-0.2, 0) is 0 Å². The van der Waals surface area contributed by atoms with Crippen LogP contribution < -0.4 is 16.6 Å². The van der Waals surface area contributed by atoms with Gasteiger partial charge in [-0.1, -0.05) is 6.07 Å². The third-order valence-corrected chi connectivity index (χ3v) is 1.39. The van der Waals surface area contributed by atoms with Gasteiger partial charge in [-0.2, -0.15) is 0 Å². The molecule has 0 bridgehead atoms. The predicted molar refractivity (Wildman–Crippen MR) is 49.4 cm³/mol. The van der Waals surface area contributed by atoms with E-state index in [1.807, 2.05) is 0 Å². The molecular weight excluding hydrogens is 188 g/mol. The lowest BCUT2D eigenvalue weighted by Crippen LogP contribution is -2.34. The Hall–Kier alpha value is -2.31. The molecule has 0 spiro atoms. The maximum Gasteiger partial charge on any atom is 0.330 e. The summed E-state index contributed by atoms with van der Waals surface area (Å²) in [6, 6.07) is 4.90. The molecule has 0 fully saturated rings. The van der Waals surface area contributed by atoms with Gasteiger partial charge in [0.1, 0.15) is 0 Å². The first-order valence-electron chi connectivity index (χ1n) is 3.65. The number of nitro groups is 1. The molecular formula is C7H8N4O3. The molecule has 4 N–H and O–H groups in total. The molecule has 0 aliphatic heterocycles. The van der Waals surface area contributed by atoms with E-state index in [0.717, 1.165) is 0 Å². The summed E-state index contributed by atoms with van der Waals surface area (Å²) in [5, 5.41) is 10.4. The summed E-state index contributed by atoms with van der Waals surface area (Å²) in [7, 11) is 0. The Balaban J connectivity index is 2.73. The third kappa shape index (κ3) is 2.63. The van der Waals surface area contributed by atoms with Crippen LogP contribution >= 0.6 is 0 Å². The Morgan fingerprint density at radius 1 is 1.50 bits per heavy atom. The maximum absolute atomic E-state index is 10.4. The quantitative estimate of drug-likeness (QED) is 0.485. The molecule has 0 atom stereocenters. The summed E-state index contributed by atoms with van der Waals surface area (Å²) in [6.07, 6.45) is 0. The Morgan fingerprint density at radius 2 is 2.21 bits per heavy atom. The van der Waals surface area contributed by atoms with Crippen molar-refractivity contribution in [2.24, 2.45) is 5.73 Å². The van der Waals surface area contributed by atoms with E-state index >= 15 is 0 Å². The summed E-state index contributed by atoms with van der Waals surface area (Å²) < 4.78 is 0. The second kappa shape index (κ2) is 4.08. The smallest absolute Gasteiger partial charge is 0.330 e. The summed E-state index contributed by atoms with van der Waals surface area (Å²) >= 11 is 0. The zero-order valence-corrected chi connectivity index (χ0v) is 7.06. The lowest BCUT2D eigenvalue weighted by molar-refractivity contribution is -0.384. The number of carbonyl (C=O) groups is 1. The van der Waals surface area contributed by atoms with E-state index in [-0.39, 0.29) is 5.69 Å². The number of non-ortho nitro benzene ring substituents is 1. The number of nitrogens with two attached hydrogens (primary N) is 1. The molecule has 1 aromatic rings. The number of hydrazine groups is 1. The van der Waals surface area contributed by atoms with Gasteiger partial charge in [-0.15, -0.1) is 0 Å². The van der Waals surface area contributed by atoms with Crippen molar-refractivity contribution in [2.45, 2.75) is 0 Å². The second-order valence-electron chi connectivity index (χ2n) is 2.42. The molecule has 14 heavy (non-hydrogen) atoms. The van der Waals surface area contributed by atoms with Crippen molar-refractivity contribution in [1.82, 2.24) is 5.43 Å². The van der Waals surface area contributed by atoms with E-state index in [9.17, 15) is 14.9 Å². The Labute approximate surface area is 79.0 Å². The molecule has 0 saturated carbocycles. The highest BCUT2D eigenvalue weighted by atomic mass is 16.6. The summed E-state index contributed by atoms with van der Waals surface area (Å²) in [4.78, 5) is 20.1. The van der Waals surface area contributed by atoms with Gasteiger partial charge in [0.05, 0.1) is 10.6 Å². The van der Waals surface area contributed by atoms with Crippen LogP contribution in [0.5, 0.6) is 0 Å². The van der Waals surface area contributed by atoms with E-state index < -0.39 is 11.0 Å². The van der Waals surface area contributed by atoms with Crippen LogP contribution in [0.4, 0.5) is 16.2 Å². The van der Waals surface area contributed by atoms with Crippen molar-refractivity contribution in [2.75, 3.05) is 5.43 Å². The molecule has 0 aliphatic carbocycles. The van der Waals surface area contributed by atoms with E-state index in [2.05, 4.69) is 10.9 Å². The zero-order valence-electron chi connectivity index (χ0n) is 7.06. The molecule has 0 unspecified atom stereocenters. The zero-order chi connectivity index (χ0) is 10.6. The van der Waals surface area contributed by atoms with Gasteiger partial charge in [-0.3, -0.25) is 21.0 Å². The lowest BCUT2D eigenvalue weighted by atomic mass is 10.3. The van der Waals surface area contributed by atoms with Crippen LogP contribution in [-0.4, -0.2) is 11.0 Å². The van der Waals surface area contributed by atoms with E-state index in [0.29, 0.717) is 5.69 Å². The second-order valence-corrected chi connectivity index (χ2v) is 2.42. The molecule has 0 saturated heterocycles. The Bertz CT molecular complexity index is 366. The van der Waals surface area contributed by atoms with Crippen LogP contribution in [0, 0.1) is 10.1 Å². The fraction of sp³-hybridized carbons (Fsp3) is 0. The van der Waals surface area contributed by atoms with Gasteiger partial charge in [0.15, 0.2) is 0 Å². The minimum atomic E-state index is -0.767. The van der Waals surface area contributed by atoms with Crippen molar-refractivity contribution < 1.29 is 9.72 Å². The third-order valence-electron chi connectivity index (χ3n) is 1.39. The number of amides is 2. The van der Waals surface area contributed by atoms with Crippen molar-refractivity contribution in [1.29, 1.82) is 0 Å². The van der Waals surface area contributed by atoms with Gasteiger partial charge in [-0.25, -0.2) is 4.79 Å². The fourth-order valence-corrected chi connectivity index (χ4v) is 0.831. The van der Waals surface area contributed by atoms with E-state index in [4.69, 9.17) is 5.73 Å². The van der Waals surface area contributed by atoms with Gasteiger partial charge >= 0.3 is 6.03 Å². The monoisotopic (exact) mass is 196 g/mol. The number of primary amides is 1. The normalized spacial score (nSPS) is 9.14. The van der Waals surface area contributed by atoms with Crippen LogP contribution in [0.25, 0.3) is 0 Å². The molecule has 7 nitrogen and oxygen atoms in total. The minimum Gasteiger partial charge on any atom is -0.350 e. The van der Waals surface area contributed by atoms with Gasteiger partial charge in [-0.05, 0) is 6.07 Å². The highest BCUT2D eigenvalue weighted by molar-refractivity contribution is 5.73. The average Bonchev–Trinajstić information content (AvgIpc) is 2.15. The molecule has 1 rings (SSSR count).